The molecule has 198 valence electrons. The Kier molecular flexibility index (Phi) is 7.44. The number of alkyl halides is 2. The van der Waals surface area contributed by atoms with Gasteiger partial charge in [-0.15, -0.1) is 0 Å². The van der Waals surface area contributed by atoms with Crippen LogP contribution in [0.5, 0.6) is 0 Å². The number of anilines is 2. The molecule has 2 fully saturated rings. The highest BCUT2D eigenvalue weighted by Gasteiger charge is 2.28. The van der Waals surface area contributed by atoms with Crippen LogP contribution in [0.15, 0.2) is 30.3 Å². The number of hydrogen-bond acceptors (Lipinski definition) is 9. The van der Waals surface area contributed by atoms with E-state index in [9.17, 15) is 13.6 Å². The predicted octanol–water partition coefficient (Wildman–Crippen LogP) is 1.58. The molecule has 0 saturated carbocycles. The van der Waals surface area contributed by atoms with Gasteiger partial charge in [0.2, 0.25) is 11.9 Å². The van der Waals surface area contributed by atoms with E-state index in [1.54, 1.807) is 42.2 Å². The zero-order valence-corrected chi connectivity index (χ0v) is 20.5. The van der Waals surface area contributed by atoms with E-state index in [-0.39, 0.29) is 23.8 Å². The standard InChI is InChI=1S/C24H30F2N8O3/c1-15(23(35)33-8-11-37-16(13-27)14-33)28-24-30-19(32-6-9-36-10-7-32)12-20(31-24)34-18-5-3-2-4-17(18)29-22(34)21(25)26/h2-5,12,15-16,21H,6-11,13-14,27H2,1H3,(H,28,30,31)/t15-,16?/m0/s1. The van der Waals surface area contributed by atoms with Crippen molar-refractivity contribution in [3.63, 3.8) is 0 Å². The van der Waals surface area contributed by atoms with Gasteiger partial charge in [-0.2, -0.15) is 9.97 Å². The molecule has 1 aromatic carbocycles. The molecule has 0 spiro atoms. The molecule has 1 amide bonds. The molecule has 1 unspecified atom stereocenters. The van der Waals surface area contributed by atoms with E-state index in [4.69, 9.17) is 15.2 Å². The summed E-state index contributed by atoms with van der Waals surface area (Å²) in [5, 5.41) is 3.09. The molecule has 0 bridgehead atoms. The minimum absolute atomic E-state index is 0.148. The molecule has 5 rings (SSSR count). The van der Waals surface area contributed by atoms with Crippen LogP contribution in [-0.2, 0) is 14.3 Å². The van der Waals surface area contributed by atoms with Crippen molar-refractivity contribution in [2.45, 2.75) is 25.5 Å². The molecule has 13 heteroatoms. The second kappa shape index (κ2) is 10.9. The van der Waals surface area contributed by atoms with Crippen LogP contribution >= 0.6 is 0 Å². The summed E-state index contributed by atoms with van der Waals surface area (Å²) >= 11 is 0. The van der Waals surface area contributed by atoms with Gasteiger partial charge < -0.3 is 30.3 Å². The molecule has 3 N–H and O–H groups in total. The summed E-state index contributed by atoms with van der Waals surface area (Å²) in [6.07, 6.45) is -3.03. The van der Waals surface area contributed by atoms with Gasteiger partial charge in [0.25, 0.3) is 6.43 Å². The third kappa shape index (κ3) is 5.33. The molecule has 0 aliphatic carbocycles. The van der Waals surface area contributed by atoms with Gasteiger partial charge in [0.1, 0.15) is 17.7 Å². The van der Waals surface area contributed by atoms with Gasteiger partial charge in [-0.25, -0.2) is 13.8 Å². The zero-order valence-electron chi connectivity index (χ0n) is 20.5. The van der Waals surface area contributed by atoms with Gasteiger partial charge in [-0.1, -0.05) is 12.1 Å². The van der Waals surface area contributed by atoms with Crippen molar-refractivity contribution in [1.29, 1.82) is 0 Å². The van der Waals surface area contributed by atoms with Gasteiger partial charge in [0.05, 0.1) is 37.0 Å². The van der Waals surface area contributed by atoms with Crippen molar-refractivity contribution < 1.29 is 23.0 Å². The molecule has 2 saturated heterocycles. The Labute approximate surface area is 212 Å². The number of nitrogens with zero attached hydrogens (tertiary/aromatic N) is 6. The summed E-state index contributed by atoms with van der Waals surface area (Å²) in [4.78, 5) is 30.2. The van der Waals surface area contributed by atoms with Gasteiger partial charge in [0, 0.05) is 38.8 Å². The average molecular weight is 517 g/mol. The zero-order chi connectivity index (χ0) is 25.9. The molecule has 2 aromatic heterocycles. The summed E-state index contributed by atoms with van der Waals surface area (Å²) in [5.74, 6) is 0.371. The van der Waals surface area contributed by atoms with Crippen LogP contribution in [-0.4, -0.2) is 95.0 Å². The summed E-state index contributed by atoms with van der Waals surface area (Å²) < 4.78 is 40.5. The van der Waals surface area contributed by atoms with Crippen LogP contribution in [0.3, 0.4) is 0 Å². The van der Waals surface area contributed by atoms with E-state index < -0.39 is 18.3 Å². The second-order valence-corrected chi connectivity index (χ2v) is 8.98. The van der Waals surface area contributed by atoms with Crippen molar-refractivity contribution >= 4 is 28.7 Å². The molecular weight excluding hydrogens is 486 g/mol. The number of para-hydroxylation sites is 2. The number of fused-ring (bicyclic) bond motifs is 1. The Bertz CT molecular complexity index is 1250. The van der Waals surface area contributed by atoms with Crippen molar-refractivity contribution in [2.75, 3.05) is 62.8 Å². The van der Waals surface area contributed by atoms with E-state index in [1.165, 1.54) is 4.57 Å². The minimum Gasteiger partial charge on any atom is -0.378 e. The lowest BCUT2D eigenvalue weighted by Gasteiger charge is -2.34. The quantitative estimate of drug-likeness (QED) is 0.482. The highest BCUT2D eigenvalue weighted by Crippen LogP contribution is 2.29. The van der Waals surface area contributed by atoms with Crippen LogP contribution in [0.2, 0.25) is 0 Å². The van der Waals surface area contributed by atoms with Crippen molar-refractivity contribution in [3.05, 3.63) is 36.2 Å². The molecule has 4 heterocycles. The number of imidazole rings is 1. The fourth-order valence-corrected chi connectivity index (χ4v) is 4.58. The average Bonchev–Trinajstić information content (AvgIpc) is 3.33. The fourth-order valence-electron chi connectivity index (χ4n) is 4.58. The topological polar surface area (TPSA) is 124 Å². The number of rotatable bonds is 7. The van der Waals surface area contributed by atoms with Crippen molar-refractivity contribution in [1.82, 2.24) is 24.4 Å². The number of halogens is 2. The molecule has 2 aliphatic rings. The predicted molar refractivity (Wildman–Crippen MR) is 133 cm³/mol. The minimum atomic E-state index is -2.82. The maximum absolute atomic E-state index is 14.1. The highest BCUT2D eigenvalue weighted by atomic mass is 19.3. The Morgan fingerprint density at radius 2 is 1.89 bits per heavy atom. The molecule has 37 heavy (non-hydrogen) atoms. The first kappa shape index (κ1) is 25.2. The van der Waals surface area contributed by atoms with Crippen molar-refractivity contribution in [3.8, 4) is 5.82 Å². The van der Waals surface area contributed by atoms with E-state index in [0.29, 0.717) is 69.4 Å². The largest absolute Gasteiger partial charge is 0.378 e. The highest BCUT2D eigenvalue weighted by molar-refractivity contribution is 5.84. The maximum atomic E-state index is 14.1. The molecule has 2 atom stereocenters. The fraction of sp³-hybridized carbons (Fsp3) is 0.500. The smallest absolute Gasteiger partial charge is 0.296 e. The number of ether oxygens (including phenoxy) is 2. The Morgan fingerprint density at radius 1 is 1.14 bits per heavy atom. The number of nitrogens with two attached hydrogens (primary N) is 1. The van der Waals surface area contributed by atoms with E-state index in [2.05, 4.69) is 20.3 Å². The number of carbonyl (C=O) groups is 1. The molecule has 0 radical (unpaired) electrons. The third-order valence-corrected chi connectivity index (χ3v) is 6.47. The number of nitrogens with one attached hydrogen (secondary N) is 1. The van der Waals surface area contributed by atoms with E-state index in [0.717, 1.165) is 0 Å². The maximum Gasteiger partial charge on any atom is 0.296 e. The van der Waals surface area contributed by atoms with Crippen molar-refractivity contribution in [2.24, 2.45) is 5.73 Å². The second-order valence-electron chi connectivity index (χ2n) is 8.98. The first-order chi connectivity index (χ1) is 17.9. The van der Waals surface area contributed by atoms with Crippen LogP contribution < -0.4 is 16.0 Å². The SMILES string of the molecule is C[C@H](Nc1nc(N2CCOCC2)cc(-n2c(C(F)F)nc3ccccc32)n1)C(=O)N1CCOC(CN)C1. The first-order valence-electron chi connectivity index (χ1n) is 12.3. The lowest BCUT2D eigenvalue weighted by atomic mass is 10.2. The van der Waals surface area contributed by atoms with Crippen LogP contribution in [0, 0.1) is 0 Å². The molecular formula is C24H30F2N8O3. The number of benzene rings is 1. The van der Waals surface area contributed by atoms with Gasteiger partial charge in [-0.3, -0.25) is 9.36 Å². The van der Waals surface area contributed by atoms with Crippen LogP contribution in [0.25, 0.3) is 16.9 Å². The summed E-state index contributed by atoms with van der Waals surface area (Å²) in [5.41, 5.74) is 6.65. The molecule has 3 aromatic rings. The third-order valence-electron chi connectivity index (χ3n) is 6.47. The van der Waals surface area contributed by atoms with Gasteiger partial charge in [-0.05, 0) is 19.1 Å². The molecule has 11 nitrogen and oxygen atoms in total. The lowest BCUT2D eigenvalue weighted by Crippen LogP contribution is -2.52. The summed E-state index contributed by atoms with van der Waals surface area (Å²) in [7, 11) is 0. The Balaban J connectivity index is 1.51. The number of amides is 1. The summed E-state index contributed by atoms with van der Waals surface area (Å²) in [6.45, 7) is 5.54. The lowest BCUT2D eigenvalue weighted by molar-refractivity contribution is -0.138. The summed E-state index contributed by atoms with van der Waals surface area (Å²) in [6, 6.07) is 7.90. The Morgan fingerprint density at radius 3 is 2.65 bits per heavy atom. The first-order valence-corrected chi connectivity index (χ1v) is 12.3. The number of hydrogen-bond donors (Lipinski definition) is 2. The number of morpholine rings is 2. The normalized spacial score (nSPS) is 19.4. The Hall–Kier alpha value is -3.42. The number of aromatic nitrogens is 4. The van der Waals surface area contributed by atoms with Crippen LogP contribution in [0.1, 0.15) is 19.2 Å². The van der Waals surface area contributed by atoms with Crippen LogP contribution in [0.4, 0.5) is 20.5 Å². The monoisotopic (exact) mass is 516 g/mol. The van der Waals surface area contributed by atoms with E-state index in [1.807, 2.05) is 4.90 Å². The number of carbonyl (C=O) groups excluding carboxylic acids is 1. The molecule has 2 aliphatic heterocycles. The van der Waals surface area contributed by atoms with Gasteiger partial charge >= 0.3 is 0 Å². The van der Waals surface area contributed by atoms with Gasteiger partial charge in [0.15, 0.2) is 5.82 Å². The van der Waals surface area contributed by atoms with E-state index >= 15 is 0 Å².